The first kappa shape index (κ1) is 14.0. The molecule has 0 aromatic heterocycles. The van der Waals surface area contributed by atoms with Gasteiger partial charge >= 0.3 is 5.97 Å². The number of benzene rings is 1. The van der Waals surface area contributed by atoms with Crippen molar-refractivity contribution in [2.24, 2.45) is 0 Å². The van der Waals surface area contributed by atoms with Gasteiger partial charge in [-0.15, -0.1) is 0 Å². The van der Waals surface area contributed by atoms with Crippen LogP contribution in [0.1, 0.15) is 5.56 Å². The summed E-state index contributed by atoms with van der Waals surface area (Å²) in [6, 6.07) is 5.77. The number of carbonyl (C=O) groups is 1. The van der Waals surface area contributed by atoms with Crippen LogP contribution in [0.15, 0.2) is 22.7 Å². The summed E-state index contributed by atoms with van der Waals surface area (Å²) in [6.45, 7) is 0.939. The van der Waals surface area contributed by atoms with Crippen molar-refractivity contribution in [3.8, 4) is 5.75 Å². The fraction of sp³-hybridized carbons (Fsp3) is 0.417. The van der Waals surface area contributed by atoms with Gasteiger partial charge in [-0.2, -0.15) is 0 Å². The topological polar surface area (TPSA) is 38.8 Å². The highest BCUT2D eigenvalue weighted by Gasteiger charge is 2.09. The first-order chi connectivity index (χ1) is 8.06. The second kappa shape index (κ2) is 6.61. The number of hydrogen-bond donors (Lipinski definition) is 0. The van der Waals surface area contributed by atoms with Gasteiger partial charge in [0.25, 0.3) is 0 Å². The summed E-state index contributed by atoms with van der Waals surface area (Å²) in [5.74, 6) is 0.563. The highest BCUT2D eigenvalue weighted by Crippen LogP contribution is 2.23. The Hall–Kier alpha value is -1.07. The fourth-order valence-corrected chi connectivity index (χ4v) is 1.90. The number of esters is 1. The Morgan fingerprint density at radius 1 is 1.41 bits per heavy atom. The van der Waals surface area contributed by atoms with E-state index in [0.29, 0.717) is 6.54 Å². The Morgan fingerprint density at radius 3 is 2.65 bits per heavy atom. The predicted octanol–water partition coefficient (Wildman–Crippen LogP) is 2.06. The molecule has 0 radical (unpaired) electrons. The van der Waals surface area contributed by atoms with Gasteiger partial charge in [0.2, 0.25) is 0 Å². The van der Waals surface area contributed by atoms with E-state index in [0.717, 1.165) is 15.8 Å². The summed E-state index contributed by atoms with van der Waals surface area (Å²) in [4.78, 5) is 13.0. The lowest BCUT2D eigenvalue weighted by molar-refractivity contribution is -0.141. The van der Waals surface area contributed by atoms with Gasteiger partial charge in [-0.25, -0.2) is 0 Å². The maximum atomic E-state index is 11.1. The molecule has 0 atom stereocenters. The van der Waals surface area contributed by atoms with Gasteiger partial charge < -0.3 is 9.47 Å². The van der Waals surface area contributed by atoms with E-state index in [9.17, 15) is 4.79 Å². The molecule has 0 spiro atoms. The third kappa shape index (κ3) is 4.36. The van der Waals surface area contributed by atoms with Crippen LogP contribution in [-0.4, -0.2) is 38.7 Å². The summed E-state index contributed by atoms with van der Waals surface area (Å²) in [6.07, 6.45) is 0. The van der Waals surface area contributed by atoms with Crippen LogP contribution < -0.4 is 4.74 Å². The largest absolute Gasteiger partial charge is 0.497 e. The molecule has 0 saturated heterocycles. The van der Waals surface area contributed by atoms with Crippen LogP contribution in [0.25, 0.3) is 0 Å². The van der Waals surface area contributed by atoms with Gasteiger partial charge in [0.15, 0.2) is 0 Å². The van der Waals surface area contributed by atoms with Crippen LogP contribution in [0.5, 0.6) is 5.75 Å². The third-order valence-electron chi connectivity index (χ3n) is 2.33. The van der Waals surface area contributed by atoms with Gasteiger partial charge in [-0.3, -0.25) is 9.69 Å². The molecule has 17 heavy (non-hydrogen) atoms. The molecule has 0 heterocycles. The zero-order chi connectivity index (χ0) is 12.8. The first-order valence-corrected chi connectivity index (χ1v) is 5.94. The van der Waals surface area contributed by atoms with Gasteiger partial charge in [0, 0.05) is 11.0 Å². The number of hydrogen-bond acceptors (Lipinski definition) is 4. The number of ether oxygens (including phenoxy) is 2. The molecule has 0 fully saturated rings. The van der Waals surface area contributed by atoms with E-state index in [1.165, 1.54) is 7.11 Å². The van der Waals surface area contributed by atoms with E-state index in [-0.39, 0.29) is 12.5 Å². The van der Waals surface area contributed by atoms with Crippen molar-refractivity contribution < 1.29 is 14.3 Å². The number of methoxy groups -OCH3 is 2. The van der Waals surface area contributed by atoms with E-state index in [4.69, 9.17) is 4.74 Å². The molecule has 0 unspecified atom stereocenters. The van der Waals surface area contributed by atoms with Crippen LogP contribution in [0, 0.1) is 0 Å². The average molecular weight is 302 g/mol. The molecule has 0 aliphatic heterocycles. The smallest absolute Gasteiger partial charge is 0.319 e. The minimum atomic E-state index is -0.239. The molecule has 5 heteroatoms. The quantitative estimate of drug-likeness (QED) is 0.781. The van der Waals surface area contributed by atoms with Crippen molar-refractivity contribution in [3.63, 3.8) is 0 Å². The second-order valence-corrected chi connectivity index (χ2v) is 4.56. The van der Waals surface area contributed by atoms with E-state index in [1.807, 2.05) is 30.1 Å². The van der Waals surface area contributed by atoms with E-state index in [2.05, 4.69) is 20.7 Å². The minimum Gasteiger partial charge on any atom is -0.497 e. The zero-order valence-electron chi connectivity index (χ0n) is 10.2. The molecule has 0 aliphatic carbocycles. The van der Waals surface area contributed by atoms with Crippen molar-refractivity contribution in [1.29, 1.82) is 0 Å². The first-order valence-electron chi connectivity index (χ1n) is 5.14. The summed E-state index contributed by atoms with van der Waals surface area (Å²) < 4.78 is 10.7. The molecular weight excluding hydrogens is 286 g/mol. The lowest BCUT2D eigenvalue weighted by Gasteiger charge is -2.16. The Bertz CT molecular complexity index is 395. The molecule has 1 aromatic carbocycles. The molecule has 4 nitrogen and oxygen atoms in total. The number of likely N-dealkylation sites (N-methyl/N-ethyl adjacent to an activating group) is 1. The van der Waals surface area contributed by atoms with Crippen molar-refractivity contribution in [2.75, 3.05) is 27.8 Å². The lowest BCUT2D eigenvalue weighted by Crippen LogP contribution is -2.26. The van der Waals surface area contributed by atoms with Crippen LogP contribution >= 0.6 is 15.9 Å². The van der Waals surface area contributed by atoms with E-state index in [1.54, 1.807) is 7.11 Å². The molecule has 0 aliphatic rings. The Kier molecular flexibility index (Phi) is 5.44. The second-order valence-electron chi connectivity index (χ2n) is 3.71. The Morgan fingerprint density at radius 2 is 2.12 bits per heavy atom. The van der Waals surface area contributed by atoms with Crippen LogP contribution in [-0.2, 0) is 16.1 Å². The SMILES string of the molecule is COC(=O)CN(C)Cc1ccc(OC)cc1Br. The van der Waals surface area contributed by atoms with Gasteiger partial charge in [0.1, 0.15) is 5.75 Å². The number of halogens is 1. The summed E-state index contributed by atoms with van der Waals surface area (Å²) in [7, 11) is 4.89. The van der Waals surface area contributed by atoms with Crippen molar-refractivity contribution >= 4 is 21.9 Å². The molecule has 94 valence electrons. The monoisotopic (exact) mass is 301 g/mol. The standard InChI is InChI=1S/C12H16BrNO3/c1-14(8-12(15)17-3)7-9-4-5-10(16-2)6-11(9)13/h4-6H,7-8H2,1-3H3. The van der Waals surface area contributed by atoms with Crippen molar-refractivity contribution in [1.82, 2.24) is 4.90 Å². The van der Waals surface area contributed by atoms with Gasteiger partial charge in [0.05, 0.1) is 20.8 Å². The Labute approximate surface area is 110 Å². The van der Waals surface area contributed by atoms with Crippen molar-refractivity contribution in [2.45, 2.75) is 6.54 Å². The van der Waals surface area contributed by atoms with E-state index >= 15 is 0 Å². The van der Waals surface area contributed by atoms with Crippen LogP contribution in [0.3, 0.4) is 0 Å². The number of rotatable bonds is 5. The van der Waals surface area contributed by atoms with Crippen LogP contribution in [0.2, 0.25) is 0 Å². The summed E-state index contributed by atoms with van der Waals surface area (Å²) in [5.41, 5.74) is 1.09. The lowest BCUT2D eigenvalue weighted by atomic mass is 10.2. The zero-order valence-corrected chi connectivity index (χ0v) is 11.8. The fourth-order valence-electron chi connectivity index (χ4n) is 1.41. The number of carbonyl (C=O) groups excluding carboxylic acids is 1. The molecule has 0 bridgehead atoms. The molecule has 1 rings (SSSR count). The average Bonchev–Trinajstić information content (AvgIpc) is 2.31. The maximum Gasteiger partial charge on any atom is 0.319 e. The van der Waals surface area contributed by atoms with Crippen LogP contribution in [0.4, 0.5) is 0 Å². The number of nitrogens with zero attached hydrogens (tertiary/aromatic N) is 1. The summed E-state index contributed by atoms with van der Waals surface area (Å²) >= 11 is 3.48. The molecule has 1 aromatic rings. The third-order valence-corrected chi connectivity index (χ3v) is 3.07. The highest BCUT2D eigenvalue weighted by molar-refractivity contribution is 9.10. The van der Waals surface area contributed by atoms with Gasteiger partial charge in [-0.05, 0) is 24.7 Å². The molecular formula is C12H16BrNO3. The van der Waals surface area contributed by atoms with Gasteiger partial charge in [-0.1, -0.05) is 22.0 Å². The molecule has 0 N–H and O–H groups in total. The normalized spacial score (nSPS) is 10.4. The predicted molar refractivity (Wildman–Crippen MR) is 69.0 cm³/mol. The molecule has 0 amide bonds. The summed E-state index contributed by atoms with van der Waals surface area (Å²) in [5, 5.41) is 0. The Balaban J connectivity index is 2.65. The van der Waals surface area contributed by atoms with Crippen molar-refractivity contribution in [3.05, 3.63) is 28.2 Å². The maximum absolute atomic E-state index is 11.1. The van der Waals surface area contributed by atoms with E-state index < -0.39 is 0 Å². The minimum absolute atomic E-state index is 0.239. The highest BCUT2D eigenvalue weighted by atomic mass is 79.9. The molecule has 0 saturated carbocycles.